The van der Waals surface area contributed by atoms with E-state index in [1.165, 1.54) is 180 Å². The standard InChI is InChI=1S/C57H109NO10/c1-3-5-7-9-11-13-14-15-16-17-18-19-20-21-22-23-24-25-26-27-28-29-30-31-32-33-34-35-37-38-40-42-44-49(60)52(62)48(47-67-57-55(65)54(64)53(63)51(46-59)68-57)58-56(66)50(61)45-43-41-39-36-12-10-8-6-4-2/h10,12,37-38,48-55,57,59-65H,3-9,11,13-36,39-47H2,1-2H3,(H,58,66)/b12-10-,38-37+. The summed E-state index contributed by atoms with van der Waals surface area (Å²) in [4.78, 5) is 13.0. The first-order valence-electron chi connectivity index (χ1n) is 28.7. The Morgan fingerprint density at radius 3 is 1.31 bits per heavy atom. The molecule has 0 aromatic rings. The molecule has 1 aliphatic rings. The first kappa shape index (κ1) is 64.6. The van der Waals surface area contributed by atoms with Crippen LogP contribution in [0.4, 0.5) is 0 Å². The SMILES string of the molecule is CCCC/C=C\CCCCCC(O)C(=O)NC(COC1OC(CO)C(O)C(O)C1O)C(O)C(O)CCC/C=C/CCCCCCCCCCCCCCCCCCCCCCCCCCCCC. The summed E-state index contributed by atoms with van der Waals surface area (Å²) in [6.07, 6.45) is 44.4. The molecule has 1 rings (SSSR count). The number of aliphatic hydroxyl groups excluding tert-OH is 7. The Labute approximate surface area is 416 Å². The number of ether oxygens (including phenoxy) is 2. The van der Waals surface area contributed by atoms with Crippen molar-refractivity contribution >= 4 is 5.91 Å². The molecule has 0 aliphatic carbocycles. The van der Waals surface area contributed by atoms with Gasteiger partial charge in [-0.05, 0) is 57.8 Å². The zero-order valence-corrected chi connectivity index (χ0v) is 43.9. The number of amides is 1. The Kier molecular flexibility index (Phi) is 44.3. The summed E-state index contributed by atoms with van der Waals surface area (Å²) in [6.45, 7) is 3.38. The molecule has 1 amide bonds. The van der Waals surface area contributed by atoms with E-state index in [0.29, 0.717) is 12.8 Å². The molecular weight excluding hydrogens is 859 g/mol. The average molecular weight is 968 g/mol. The average Bonchev–Trinajstić information content (AvgIpc) is 3.34. The van der Waals surface area contributed by atoms with Crippen LogP contribution in [-0.4, -0.2) is 110 Å². The van der Waals surface area contributed by atoms with E-state index < -0.39 is 74.2 Å². The van der Waals surface area contributed by atoms with E-state index >= 15 is 0 Å². The number of unbranched alkanes of at least 4 members (excludes halogenated alkanes) is 33. The molecule has 0 aromatic heterocycles. The van der Waals surface area contributed by atoms with E-state index in [1.54, 1.807) is 0 Å². The highest BCUT2D eigenvalue weighted by Gasteiger charge is 2.44. The normalized spacial score (nSPS) is 20.6. The fraction of sp³-hybridized carbons (Fsp3) is 0.912. The first-order chi connectivity index (χ1) is 33.2. The van der Waals surface area contributed by atoms with Gasteiger partial charge >= 0.3 is 0 Å². The van der Waals surface area contributed by atoms with E-state index in [-0.39, 0.29) is 12.8 Å². The Morgan fingerprint density at radius 1 is 0.500 bits per heavy atom. The fourth-order valence-corrected chi connectivity index (χ4v) is 9.25. The number of nitrogens with one attached hydrogen (secondary N) is 1. The fourth-order valence-electron chi connectivity index (χ4n) is 9.25. The lowest BCUT2D eigenvalue weighted by Gasteiger charge is -2.40. The van der Waals surface area contributed by atoms with Crippen molar-refractivity contribution in [1.29, 1.82) is 0 Å². The maximum Gasteiger partial charge on any atom is 0.249 e. The van der Waals surface area contributed by atoms with Crippen LogP contribution in [0, 0.1) is 0 Å². The van der Waals surface area contributed by atoms with Crippen molar-refractivity contribution in [2.75, 3.05) is 13.2 Å². The number of carbonyl (C=O) groups is 1. The molecule has 1 aliphatic heterocycles. The van der Waals surface area contributed by atoms with E-state index in [4.69, 9.17) is 9.47 Å². The van der Waals surface area contributed by atoms with Gasteiger partial charge in [-0.25, -0.2) is 0 Å². The minimum atomic E-state index is -1.67. The van der Waals surface area contributed by atoms with Crippen molar-refractivity contribution in [3.05, 3.63) is 24.3 Å². The molecule has 1 saturated heterocycles. The van der Waals surface area contributed by atoms with E-state index in [0.717, 1.165) is 44.9 Å². The molecule has 11 nitrogen and oxygen atoms in total. The van der Waals surface area contributed by atoms with E-state index in [9.17, 15) is 40.5 Å². The van der Waals surface area contributed by atoms with Crippen molar-refractivity contribution in [1.82, 2.24) is 5.32 Å². The summed E-state index contributed by atoms with van der Waals surface area (Å²) < 4.78 is 11.1. The molecule has 0 spiro atoms. The van der Waals surface area contributed by atoms with Crippen LogP contribution in [0.15, 0.2) is 24.3 Å². The Bertz CT molecular complexity index is 1160. The summed E-state index contributed by atoms with van der Waals surface area (Å²) in [5.41, 5.74) is 0. The highest BCUT2D eigenvalue weighted by Crippen LogP contribution is 2.23. The van der Waals surface area contributed by atoms with E-state index in [2.05, 4.69) is 43.5 Å². The molecule has 1 fully saturated rings. The second-order valence-corrected chi connectivity index (χ2v) is 20.4. The molecule has 0 bridgehead atoms. The number of hydrogen-bond donors (Lipinski definition) is 8. The van der Waals surface area contributed by atoms with Gasteiger partial charge in [0.2, 0.25) is 5.91 Å². The summed E-state index contributed by atoms with van der Waals surface area (Å²) in [5, 5.41) is 75.7. The molecular formula is C57H109NO10. The minimum absolute atomic E-state index is 0.232. The van der Waals surface area contributed by atoms with Gasteiger partial charge in [0, 0.05) is 0 Å². The van der Waals surface area contributed by atoms with Gasteiger partial charge < -0.3 is 50.5 Å². The van der Waals surface area contributed by atoms with Crippen molar-refractivity contribution < 1.29 is 50.0 Å². The number of carbonyl (C=O) groups excluding carboxylic acids is 1. The quantitative estimate of drug-likeness (QED) is 0.0215. The highest BCUT2D eigenvalue weighted by molar-refractivity contribution is 5.80. The zero-order chi connectivity index (χ0) is 49.7. The van der Waals surface area contributed by atoms with Crippen LogP contribution < -0.4 is 5.32 Å². The van der Waals surface area contributed by atoms with Crippen LogP contribution in [0.3, 0.4) is 0 Å². The summed E-state index contributed by atoms with van der Waals surface area (Å²) in [7, 11) is 0. The molecule has 0 saturated carbocycles. The summed E-state index contributed by atoms with van der Waals surface area (Å²) >= 11 is 0. The number of rotatable bonds is 49. The highest BCUT2D eigenvalue weighted by atomic mass is 16.7. The molecule has 0 aromatic carbocycles. The second-order valence-electron chi connectivity index (χ2n) is 20.4. The maximum absolute atomic E-state index is 13.0. The lowest BCUT2D eigenvalue weighted by molar-refractivity contribution is -0.303. The molecule has 9 unspecified atom stereocenters. The Morgan fingerprint density at radius 2 is 0.882 bits per heavy atom. The summed E-state index contributed by atoms with van der Waals surface area (Å²) in [6, 6.07) is -1.19. The van der Waals surface area contributed by atoms with Crippen molar-refractivity contribution in [2.24, 2.45) is 0 Å². The molecule has 8 N–H and O–H groups in total. The lowest BCUT2D eigenvalue weighted by Crippen LogP contribution is -2.60. The Balaban J connectivity index is 2.18. The topological polar surface area (TPSA) is 189 Å². The predicted octanol–water partition coefficient (Wildman–Crippen LogP) is 11.7. The Hall–Kier alpha value is -1.41. The van der Waals surface area contributed by atoms with Gasteiger partial charge in [0.25, 0.3) is 0 Å². The molecule has 0 radical (unpaired) electrons. The van der Waals surface area contributed by atoms with Gasteiger partial charge in [-0.15, -0.1) is 0 Å². The van der Waals surface area contributed by atoms with Gasteiger partial charge in [0.15, 0.2) is 6.29 Å². The first-order valence-corrected chi connectivity index (χ1v) is 28.7. The molecule has 402 valence electrons. The van der Waals surface area contributed by atoms with Gasteiger partial charge in [-0.1, -0.05) is 231 Å². The number of aliphatic hydroxyl groups is 7. The third-order valence-corrected chi connectivity index (χ3v) is 14.0. The monoisotopic (exact) mass is 968 g/mol. The molecule has 11 heteroatoms. The maximum atomic E-state index is 13.0. The summed E-state index contributed by atoms with van der Waals surface area (Å²) in [5.74, 6) is -0.720. The van der Waals surface area contributed by atoms with Gasteiger partial charge in [0.1, 0.15) is 36.6 Å². The second kappa shape index (κ2) is 46.6. The van der Waals surface area contributed by atoms with Gasteiger partial charge in [-0.3, -0.25) is 4.79 Å². The largest absolute Gasteiger partial charge is 0.394 e. The van der Waals surface area contributed by atoms with Gasteiger partial charge in [0.05, 0.1) is 25.4 Å². The van der Waals surface area contributed by atoms with Crippen LogP contribution in [0.5, 0.6) is 0 Å². The predicted molar refractivity (Wildman–Crippen MR) is 279 cm³/mol. The smallest absolute Gasteiger partial charge is 0.249 e. The molecule has 68 heavy (non-hydrogen) atoms. The molecule has 9 atom stereocenters. The number of hydrogen-bond acceptors (Lipinski definition) is 10. The van der Waals surface area contributed by atoms with Gasteiger partial charge in [-0.2, -0.15) is 0 Å². The van der Waals surface area contributed by atoms with Crippen LogP contribution in [0.1, 0.15) is 264 Å². The van der Waals surface area contributed by atoms with Crippen molar-refractivity contribution in [2.45, 2.75) is 319 Å². The third kappa shape index (κ3) is 34.8. The van der Waals surface area contributed by atoms with Crippen molar-refractivity contribution in [3.8, 4) is 0 Å². The van der Waals surface area contributed by atoms with E-state index in [1.807, 2.05) is 0 Å². The van der Waals surface area contributed by atoms with Crippen LogP contribution >= 0.6 is 0 Å². The van der Waals surface area contributed by atoms with Crippen molar-refractivity contribution in [3.63, 3.8) is 0 Å². The zero-order valence-electron chi connectivity index (χ0n) is 43.9. The van der Waals surface area contributed by atoms with Crippen LogP contribution in [-0.2, 0) is 14.3 Å². The lowest BCUT2D eigenvalue weighted by atomic mass is 9.98. The van der Waals surface area contributed by atoms with Crippen LogP contribution in [0.25, 0.3) is 0 Å². The minimum Gasteiger partial charge on any atom is -0.394 e. The molecule has 1 heterocycles. The van der Waals surface area contributed by atoms with Crippen LogP contribution in [0.2, 0.25) is 0 Å². The third-order valence-electron chi connectivity index (χ3n) is 14.0. The number of allylic oxidation sites excluding steroid dienone is 4.